The Morgan fingerprint density at radius 2 is 2.04 bits per heavy atom. The van der Waals surface area contributed by atoms with E-state index in [4.69, 9.17) is 0 Å². The summed E-state index contributed by atoms with van der Waals surface area (Å²) in [7, 11) is 0. The van der Waals surface area contributed by atoms with Crippen LogP contribution in [0.4, 0.5) is 4.39 Å². The number of hydrogen-bond donors (Lipinski definition) is 2. The quantitative estimate of drug-likeness (QED) is 0.769. The molecule has 1 saturated carbocycles. The summed E-state index contributed by atoms with van der Waals surface area (Å²) in [6.45, 7) is 4.89. The van der Waals surface area contributed by atoms with Crippen LogP contribution < -0.4 is 5.32 Å². The lowest BCUT2D eigenvalue weighted by molar-refractivity contribution is -0.130. The molecule has 0 spiro atoms. The largest absolute Gasteiger partial charge is 0.396 e. The van der Waals surface area contributed by atoms with E-state index in [2.05, 4.69) is 19.2 Å². The molecular formula is C19H28FNO2. The molecule has 23 heavy (non-hydrogen) atoms. The van der Waals surface area contributed by atoms with Gasteiger partial charge in [0.2, 0.25) is 5.91 Å². The van der Waals surface area contributed by atoms with Crippen LogP contribution in [0.3, 0.4) is 0 Å². The average Bonchev–Trinajstić information content (AvgIpc) is 2.51. The van der Waals surface area contributed by atoms with E-state index < -0.39 is 5.41 Å². The van der Waals surface area contributed by atoms with E-state index in [0.717, 1.165) is 37.7 Å². The highest BCUT2D eigenvalue weighted by molar-refractivity contribution is 5.89. The topological polar surface area (TPSA) is 49.3 Å². The Labute approximate surface area is 138 Å². The Kier molecular flexibility index (Phi) is 5.79. The number of benzene rings is 1. The van der Waals surface area contributed by atoms with Crippen molar-refractivity contribution >= 4 is 5.91 Å². The molecule has 1 aliphatic carbocycles. The zero-order valence-corrected chi connectivity index (χ0v) is 14.2. The van der Waals surface area contributed by atoms with E-state index in [-0.39, 0.29) is 23.7 Å². The molecule has 1 amide bonds. The Bertz CT molecular complexity index is 536. The Morgan fingerprint density at radius 3 is 2.52 bits per heavy atom. The van der Waals surface area contributed by atoms with E-state index >= 15 is 0 Å². The Hall–Kier alpha value is -1.42. The summed E-state index contributed by atoms with van der Waals surface area (Å²) >= 11 is 0. The molecule has 2 rings (SSSR count). The lowest BCUT2D eigenvalue weighted by Gasteiger charge is -2.42. The summed E-state index contributed by atoms with van der Waals surface area (Å²) in [5, 5.41) is 12.4. The van der Waals surface area contributed by atoms with Crippen LogP contribution in [0.15, 0.2) is 24.3 Å². The molecular weight excluding hydrogens is 293 g/mol. The van der Waals surface area contributed by atoms with Crippen LogP contribution in [0, 0.1) is 11.2 Å². The maximum atomic E-state index is 13.5. The standard InChI is InChI=1S/C19H28FNO2/c1-3-18(4-2,11-12-22)14-21-17(23)19(9-6-10-19)15-7-5-8-16(20)13-15/h5,7-8,13,22H,3-4,6,9-12,14H2,1-2H3,(H,21,23). The maximum Gasteiger partial charge on any atom is 0.230 e. The molecule has 128 valence electrons. The maximum absolute atomic E-state index is 13.5. The number of nitrogens with one attached hydrogen (secondary N) is 1. The fourth-order valence-corrected chi connectivity index (χ4v) is 3.58. The molecule has 4 heteroatoms. The molecule has 0 saturated heterocycles. The highest BCUT2D eigenvalue weighted by atomic mass is 19.1. The van der Waals surface area contributed by atoms with Crippen LogP contribution in [0.2, 0.25) is 0 Å². The fourth-order valence-electron chi connectivity index (χ4n) is 3.58. The zero-order valence-electron chi connectivity index (χ0n) is 14.2. The van der Waals surface area contributed by atoms with Crippen molar-refractivity contribution in [3.8, 4) is 0 Å². The van der Waals surface area contributed by atoms with Crippen LogP contribution in [0.25, 0.3) is 0 Å². The molecule has 0 aliphatic heterocycles. The molecule has 0 bridgehead atoms. The van der Waals surface area contributed by atoms with E-state index in [1.165, 1.54) is 12.1 Å². The molecule has 0 unspecified atom stereocenters. The minimum Gasteiger partial charge on any atom is -0.396 e. The number of carbonyl (C=O) groups excluding carboxylic acids is 1. The first-order chi connectivity index (χ1) is 11.0. The molecule has 2 N–H and O–H groups in total. The second kappa shape index (κ2) is 7.43. The lowest BCUT2D eigenvalue weighted by Crippen LogP contribution is -2.51. The molecule has 0 heterocycles. The van der Waals surface area contributed by atoms with Gasteiger partial charge in [0.1, 0.15) is 5.82 Å². The highest BCUT2D eigenvalue weighted by Gasteiger charge is 2.46. The van der Waals surface area contributed by atoms with E-state index in [0.29, 0.717) is 13.0 Å². The van der Waals surface area contributed by atoms with Crippen molar-refractivity contribution in [1.82, 2.24) is 5.32 Å². The molecule has 0 aromatic heterocycles. The van der Waals surface area contributed by atoms with Crippen molar-refractivity contribution < 1.29 is 14.3 Å². The smallest absolute Gasteiger partial charge is 0.230 e. The van der Waals surface area contributed by atoms with Crippen LogP contribution in [0.5, 0.6) is 0 Å². The van der Waals surface area contributed by atoms with Crippen LogP contribution in [-0.2, 0) is 10.2 Å². The molecule has 1 aromatic rings. The number of amides is 1. The Balaban J connectivity index is 2.12. The second-order valence-electron chi connectivity index (χ2n) is 6.81. The lowest BCUT2D eigenvalue weighted by atomic mass is 9.63. The fraction of sp³-hybridized carbons (Fsp3) is 0.632. The second-order valence-corrected chi connectivity index (χ2v) is 6.81. The normalized spacial score (nSPS) is 16.7. The third kappa shape index (κ3) is 3.57. The van der Waals surface area contributed by atoms with Gasteiger partial charge in [0.25, 0.3) is 0 Å². The molecule has 1 aliphatic rings. The molecule has 1 fully saturated rings. The van der Waals surface area contributed by atoms with Gasteiger partial charge in [0.05, 0.1) is 5.41 Å². The summed E-state index contributed by atoms with van der Waals surface area (Å²) in [6, 6.07) is 6.42. The third-order valence-electron chi connectivity index (χ3n) is 5.79. The van der Waals surface area contributed by atoms with Gasteiger partial charge in [-0.25, -0.2) is 4.39 Å². The Morgan fingerprint density at radius 1 is 1.35 bits per heavy atom. The van der Waals surface area contributed by atoms with Gasteiger partial charge in [-0.05, 0) is 55.2 Å². The minimum atomic E-state index is -0.575. The van der Waals surface area contributed by atoms with Gasteiger partial charge in [0.15, 0.2) is 0 Å². The summed E-state index contributed by atoms with van der Waals surface area (Å²) in [4.78, 5) is 12.8. The van der Waals surface area contributed by atoms with Crippen molar-refractivity contribution in [1.29, 1.82) is 0 Å². The van der Waals surface area contributed by atoms with Gasteiger partial charge in [-0.15, -0.1) is 0 Å². The third-order valence-corrected chi connectivity index (χ3v) is 5.79. The monoisotopic (exact) mass is 321 g/mol. The number of rotatable bonds is 8. The van der Waals surface area contributed by atoms with Crippen molar-refractivity contribution in [2.24, 2.45) is 5.41 Å². The predicted octanol–water partition coefficient (Wildman–Crippen LogP) is 3.55. The molecule has 1 aromatic carbocycles. The number of aliphatic hydroxyl groups excluding tert-OH is 1. The van der Waals surface area contributed by atoms with Crippen LogP contribution >= 0.6 is 0 Å². The van der Waals surface area contributed by atoms with Gasteiger partial charge in [-0.2, -0.15) is 0 Å². The zero-order chi connectivity index (χ0) is 16.9. The minimum absolute atomic E-state index is 0.00133. The first-order valence-electron chi connectivity index (χ1n) is 8.67. The molecule has 0 atom stereocenters. The number of carbonyl (C=O) groups is 1. The average molecular weight is 321 g/mol. The first kappa shape index (κ1) is 17.9. The molecule has 3 nitrogen and oxygen atoms in total. The van der Waals surface area contributed by atoms with Crippen molar-refractivity contribution in [2.75, 3.05) is 13.2 Å². The highest BCUT2D eigenvalue weighted by Crippen LogP contribution is 2.44. The summed E-state index contributed by atoms with van der Waals surface area (Å²) in [5.74, 6) is -0.295. The van der Waals surface area contributed by atoms with Gasteiger partial charge in [-0.1, -0.05) is 32.4 Å². The van der Waals surface area contributed by atoms with Gasteiger partial charge in [-0.3, -0.25) is 4.79 Å². The first-order valence-corrected chi connectivity index (χ1v) is 8.67. The number of halogens is 1. The summed E-state index contributed by atoms with van der Waals surface area (Å²) in [6.07, 6.45) is 5.05. The van der Waals surface area contributed by atoms with Crippen LogP contribution in [0.1, 0.15) is 57.9 Å². The van der Waals surface area contributed by atoms with Crippen LogP contribution in [-0.4, -0.2) is 24.2 Å². The van der Waals surface area contributed by atoms with E-state index in [1.807, 2.05) is 6.07 Å². The van der Waals surface area contributed by atoms with Crippen molar-refractivity contribution in [3.63, 3.8) is 0 Å². The number of aliphatic hydroxyl groups is 1. The SMILES string of the molecule is CCC(CC)(CCO)CNC(=O)C1(c2cccc(F)c2)CCC1. The molecule has 0 radical (unpaired) electrons. The van der Waals surface area contributed by atoms with E-state index in [1.54, 1.807) is 6.07 Å². The van der Waals surface area contributed by atoms with Crippen molar-refractivity contribution in [3.05, 3.63) is 35.6 Å². The van der Waals surface area contributed by atoms with E-state index in [9.17, 15) is 14.3 Å². The van der Waals surface area contributed by atoms with Gasteiger partial charge >= 0.3 is 0 Å². The van der Waals surface area contributed by atoms with Crippen molar-refractivity contribution in [2.45, 2.75) is 57.8 Å². The van der Waals surface area contributed by atoms with Gasteiger partial charge < -0.3 is 10.4 Å². The summed E-state index contributed by atoms with van der Waals surface area (Å²) < 4.78 is 13.5. The summed E-state index contributed by atoms with van der Waals surface area (Å²) in [5.41, 5.74) is 0.147. The van der Waals surface area contributed by atoms with Gasteiger partial charge in [0, 0.05) is 13.2 Å². The number of hydrogen-bond acceptors (Lipinski definition) is 2. The predicted molar refractivity (Wildman–Crippen MR) is 89.7 cm³/mol.